The monoisotopic (exact) mass is 457 g/mol. The van der Waals surface area contributed by atoms with Crippen LogP contribution in [0.15, 0.2) is 47.4 Å². The molecule has 172 valence electrons. The Kier molecular flexibility index (Phi) is 7.56. The van der Waals surface area contributed by atoms with Crippen molar-refractivity contribution in [2.45, 2.75) is 44.9 Å². The van der Waals surface area contributed by atoms with Crippen molar-refractivity contribution in [1.29, 1.82) is 0 Å². The molecule has 32 heavy (non-hydrogen) atoms. The molecule has 0 aromatic heterocycles. The molecule has 1 fully saturated rings. The lowest BCUT2D eigenvalue weighted by molar-refractivity contribution is -0.132. The fraction of sp³-hybridized carbons (Fsp3) is 0.417. The Labute approximate surface area is 190 Å². The van der Waals surface area contributed by atoms with Gasteiger partial charge in [0.25, 0.3) is 15.9 Å². The Morgan fingerprint density at radius 3 is 2.50 bits per heavy atom. The Hall–Kier alpha value is -2.87. The third kappa shape index (κ3) is 6.09. The van der Waals surface area contributed by atoms with Crippen LogP contribution in [-0.4, -0.2) is 44.8 Å². The molecule has 0 radical (unpaired) electrons. The van der Waals surface area contributed by atoms with E-state index in [0.717, 1.165) is 31.5 Å². The first kappa shape index (κ1) is 23.8. The molecule has 1 aliphatic heterocycles. The van der Waals surface area contributed by atoms with Crippen LogP contribution in [0.3, 0.4) is 0 Å². The number of likely N-dealkylation sites (tertiary alicyclic amines) is 1. The number of benzene rings is 2. The van der Waals surface area contributed by atoms with E-state index >= 15 is 0 Å². The standard InChI is InChI=1S/C24H31N3O4S/c1-17-6-9-20(10-7-17)26-32(30,31)21-11-8-19(3)22(15-21)24(29)25-13-12-23(28)27-14-4-5-18(2)16-27/h6-11,15,18,26H,4-5,12-14,16H2,1-3H3,(H,25,29). The maximum Gasteiger partial charge on any atom is 0.261 e. The second kappa shape index (κ2) is 10.2. The maximum atomic E-state index is 12.8. The summed E-state index contributed by atoms with van der Waals surface area (Å²) in [5.74, 6) is 0.144. The van der Waals surface area contributed by atoms with Gasteiger partial charge in [0, 0.05) is 37.3 Å². The summed E-state index contributed by atoms with van der Waals surface area (Å²) in [6, 6.07) is 11.5. The molecule has 1 atom stereocenters. The van der Waals surface area contributed by atoms with Gasteiger partial charge < -0.3 is 10.2 Å². The third-order valence-electron chi connectivity index (χ3n) is 5.70. The minimum absolute atomic E-state index is 0.00667. The fourth-order valence-electron chi connectivity index (χ4n) is 3.80. The first-order chi connectivity index (χ1) is 15.2. The number of nitrogens with one attached hydrogen (secondary N) is 2. The summed E-state index contributed by atoms with van der Waals surface area (Å²) < 4.78 is 28.1. The zero-order valence-electron chi connectivity index (χ0n) is 18.8. The molecule has 1 heterocycles. The van der Waals surface area contributed by atoms with Gasteiger partial charge in [-0.2, -0.15) is 0 Å². The summed E-state index contributed by atoms with van der Waals surface area (Å²) in [7, 11) is -3.84. The lowest BCUT2D eigenvalue weighted by atomic mass is 10.00. The summed E-state index contributed by atoms with van der Waals surface area (Å²) in [5, 5.41) is 2.75. The number of nitrogens with zero attached hydrogens (tertiary/aromatic N) is 1. The number of rotatable bonds is 7. The van der Waals surface area contributed by atoms with Crippen LogP contribution in [0.2, 0.25) is 0 Å². The molecular weight excluding hydrogens is 426 g/mol. The van der Waals surface area contributed by atoms with E-state index in [1.54, 1.807) is 25.1 Å². The van der Waals surface area contributed by atoms with Crippen molar-refractivity contribution in [2.75, 3.05) is 24.4 Å². The topological polar surface area (TPSA) is 95.6 Å². The molecule has 1 unspecified atom stereocenters. The number of hydrogen-bond acceptors (Lipinski definition) is 4. The summed E-state index contributed by atoms with van der Waals surface area (Å²) in [5.41, 5.74) is 2.41. The van der Waals surface area contributed by atoms with Gasteiger partial charge >= 0.3 is 0 Å². The molecule has 1 aliphatic rings. The summed E-state index contributed by atoms with van der Waals surface area (Å²) in [6.45, 7) is 7.55. The molecule has 2 amide bonds. The van der Waals surface area contributed by atoms with Crippen LogP contribution in [0.1, 0.15) is 47.7 Å². The van der Waals surface area contributed by atoms with Crippen molar-refractivity contribution >= 4 is 27.5 Å². The number of piperidine rings is 1. The molecule has 0 aliphatic carbocycles. The van der Waals surface area contributed by atoms with Crippen molar-refractivity contribution < 1.29 is 18.0 Å². The van der Waals surface area contributed by atoms with Crippen LogP contribution in [0, 0.1) is 19.8 Å². The number of carbonyl (C=O) groups is 2. The Bertz CT molecular complexity index is 1080. The molecule has 2 aromatic rings. The number of sulfonamides is 1. The van der Waals surface area contributed by atoms with Gasteiger partial charge in [0.15, 0.2) is 0 Å². The van der Waals surface area contributed by atoms with Gasteiger partial charge in [-0.15, -0.1) is 0 Å². The highest BCUT2D eigenvalue weighted by molar-refractivity contribution is 7.92. The quantitative estimate of drug-likeness (QED) is 0.665. The molecule has 7 nitrogen and oxygen atoms in total. The lowest BCUT2D eigenvalue weighted by Gasteiger charge is -2.31. The van der Waals surface area contributed by atoms with E-state index < -0.39 is 15.9 Å². The lowest BCUT2D eigenvalue weighted by Crippen LogP contribution is -2.40. The zero-order valence-corrected chi connectivity index (χ0v) is 19.7. The van der Waals surface area contributed by atoms with E-state index in [1.807, 2.05) is 24.0 Å². The molecule has 2 N–H and O–H groups in total. The van der Waals surface area contributed by atoms with E-state index in [1.165, 1.54) is 12.1 Å². The summed E-state index contributed by atoms with van der Waals surface area (Å²) >= 11 is 0. The first-order valence-corrected chi connectivity index (χ1v) is 12.4. The van der Waals surface area contributed by atoms with Crippen LogP contribution >= 0.6 is 0 Å². The van der Waals surface area contributed by atoms with Crippen LogP contribution < -0.4 is 10.0 Å². The molecule has 0 saturated carbocycles. The van der Waals surface area contributed by atoms with Gasteiger partial charge in [0.05, 0.1) is 4.90 Å². The molecule has 0 bridgehead atoms. The summed E-state index contributed by atoms with van der Waals surface area (Å²) in [6.07, 6.45) is 2.37. The van der Waals surface area contributed by atoms with Crippen molar-refractivity contribution in [3.63, 3.8) is 0 Å². The first-order valence-electron chi connectivity index (χ1n) is 10.9. The van der Waals surface area contributed by atoms with E-state index in [-0.39, 0.29) is 29.3 Å². The predicted octanol–water partition coefficient (Wildman–Crippen LogP) is 3.48. The largest absolute Gasteiger partial charge is 0.352 e. The summed E-state index contributed by atoms with van der Waals surface area (Å²) in [4.78, 5) is 27.0. The maximum absolute atomic E-state index is 12.8. The van der Waals surface area contributed by atoms with Gasteiger partial charge in [-0.25, -0.2) is 8.42 Å². The van der Waals surface area contributed by atoms with Crippen molar-refractivity contribution in [2.24, 2.45) is 5.92 Å². The smallest absolute Gasteiger partial charge is 0.261 e. The van der Waals surface area contributed by atoms with Gasteiger partial charge in [-0.3, -0.25) is 14.3 Å². The number of aryl methyl sites for hydroxylation is 2. The SMILES string of the molecule is Cc1ccc(NS(=O)(=O)c2ccc(C)c(C(=O)NCCC(=O)N3CCCC(C)C3)c2)cc1. The number of anilines is 1. The van der Waals surface area contributed by atoms with Crippen molar-refractivity contribution in [3.8, 4) is 0 Å². The van der Waals surface area contributed by atoms with Crippen LogP contribution in [0.4, 0.5) is 5.69 Å². The van der Waals surface area contributed by atoms with Crippen molar-refractivity contribution in [3.05, 3.63) is 59.2 Å². The Morgan fingerprint density at radius 2 is 1.81 bits per heavy atom. The highest BCUT2D eigenvalue weighted by Gasteiger charge is 2.21. The van der Waals surface area contributed by atoms with Crippen LogP contribution in [0.25, 0.3) is 0 Å². The molecule has 1 saturated heterocycles. The van der Waals surface area contributed by atoms with E-state index in [4.69, 9.17) is 0 Å². The Morgan fingerprint density at radius 1 is 1.09 bits per heavy atom. The van der Waals surface area contributed by atoms with Gasteiger partial charge in [-0.1, -0.05) is 30.7 Å². The van der Waals surface area contributed by atoms with Gasteiger partial charge in [0.2, 0.25) is 5.91 Å². The number of amides is 2. The van der Waals surface area contributed by atoms with Crippen molar-refractivity contribution in [1.82, 2.24) is 10.2 Å². The average Bonchev–Trinajstić information content (AvgIpc) is 2.75. The molecule has 8 heteroatoms. The normalized spacial score (nSPS) is 16.5. The van der Waals surface area contributed by atoms with Gasteiger partial charge in [-0.05, 0) is 62.4 Å². The van der Waals surface area contributed by atoms with E-state index in [9.17, 15) is 18.0 Å². The molecule has 2 aromatic carbocycles. The third-order valence-corrected chi connectivity index (χ3v) is 7.08. The molecule has 0 spiro atoms. The average molecular weight is 458 g/mol. The number of carbonyl (C=O) groups excluding carboxylic acids is 2. The minimum Gasteiger partial charge on any atom is -0.352 e. The minimum atomic E-state index is -3.84. The van der Waals surface area contributed by atoms with Crippen LogP contribution in [0.5, 0.6) is 0 Å². The Balaban J connectivity index is 1.63. The highest BCUT2D eigenvalue weighted by Crippen LogP contribution is 2.20. The second-order valence-corrected chi connectivity index (χ2v) is 10.2. The second-order valence-electron chi connectivity index (χ2n) is 8.54. The molecular formula is C24H31N3O4S. The molecule has 3 rings (SSSR count). The van der Waals surface area contributed by atoms with Gasteiger partial charge in [0.1, 0.15) is 0 Å². The van der Waals surface area contributed by atoms with E-state index in [0.29, 0.717) is 17.2 Å². The van der Waals surface area contributed by atoms with E-state index in [2.05, 4.69) is 17.0 Å². The fourth-order valence-corrected chi connectivity index (χ4v) is 4.89. The zero-order chi connectivity index (χ0) is 23.3. The number of hydrogen-bond donors (Lipinski definition) is 2. The predicted molar refractivity (Wildman–Crippen MR) is 125 cm³/mol. The highest BCUT2D eigenvalue weighted by atomic mass is 32.2. The van der Waals surface area contributed by atoms with Crippen LogP contribution in [-0.2, 0) is 14.8 Å².